The van der Waals surface area contributed by atoms with E-state index >= 15 is 0 Å². The van der Waals surface area contributed by atoms with Gasteiger partial charge in [-0.25, -0.2) is 0 Å². The Labute approximate surface area is 134 Å². The topological polar surface area (TPSA) is 81.9 Å². The molecular formula is C15H19ClN2O4. The lowest BCUT2D eigenvalue weighted by atomic mass is 10.1. The Morgan fingerprint density at radius 1 is 1.41 bits per heavy atom. The number of rotatable bonds is 5. The Hall–Kier alpha value is -1.79. The molecule has 0 saturated carbocycles. The van der Waals surface area contributed by atoms with Crippen molar-refractivity contribution in [2.75, 3.05) is 20.8 Å². The standard InChI is InChI=1S/C15H19ClN2O4/c1-21-9-6-12(15(17)20)18(8-9)14(19)7-10-11(16)4-3-5-13(10)22-2/h3-5,9,12H,6-8H2,1-2H3,(H2,17,20)/t9-,12-/m0/s1. The van der Waals surface area contributed by atoms with Gasteiger partial charge in [-0.15, -0.1) is 0 Å². The number of carbonyl (C=O) groups is 2. The summed E-state index contributed by atoms with van der Waals surface area (Å²) in [5, 5.41) is 0.450. The molecule has 1 aromatic carbocycles. The van der Waals surface area contributed by atoms with Crippen LogP contribution in [0.1, 0.15) is 12.0 Å². The maximum absolute atomic E-state index is 12.6. The highest BCUT2D eigenvalue weighted by atomic mass is 35.5. The smallest absolute Gasteiger partial charge is 0.240 e. The number of benzene rings is 1. The van der Waals surface area contributed by atoms with Gasteiger partial charge in [-0.05, 0) is 12.1 Å². The highest BCUT2D eigenvalue weighted by Gasteiger charge is 2.38. The molecule has 0 aliphatic carbocycles. The van der Waals surface area contributed by atoms with Crippen LogP contribution in [0.4, 0.5) is 0 Å². The molecule has 2 amide bonds. The van der Waals surface area contributed by atoms with Crippen LogP contribution in [0.2, 0.25) is 5.02 Å². The summed E-state index contributed by atoms with van der Waals surface area (Å²) >= 11 is 6.15. The van der Waals surface area contributed by atoms with Gasteiger partial charge in [0.1, 0.15) is 11.8 Å². The second-order valence-corrected chi connectivity index (χ2v) is 5.56. The number of hydrogen-bond acceptors (Lipinski definition) is 4. The molecular weight excluding hydrogens is 308 g/mol. The molecule has 7 heteroatoms. The molecule has 0 spiro atoms. The van der Waals surface area contributed by atoms with Crippen molar-refractivity contribution in [1.29, 1.82) is 0 Å². The van der Waals surface area contributed by atoms with Crippen molar-refractivity contribution in [3.05, 3.63) is 28.8 Å². The van der Waals surface area contributed by atoms with E-state index < -0.39 is 11.9 Å². The minimum Gasteiger partial charge on any atom is -0.496 e. The molecule has 0 unspecified atom stereocenters. The number of amides is 2. The third kappa shape index (κ3) is 3.34. The Balaban J connectivity index is 2.20. The van der Waals surface area contributed by atoms with E-state index in [1.54, 1.807) is 25.3 Å². The first kappa shape index (κ1) is 16.6. The molecule has 1 fully saturated rings. The normalized spacial score (nSPS) is 21.0. The monoisotopic (exact) mass is 326 g/mol. The Morgan fingerprint density at radius 3 is 2.73 bits per heavy atom. The van der Waals surface area contributed by atoms with Gasteiger partial charge in [0.05, 0.1) is 19.6 Å². The van der Waals surface area contributed by atoms with Gasteiger partial charge in [0.2, 0.25) is 11.8 Å². The summed E-state index contributed by atoms with van der Waals surface area (Å²) in [5.74, 6) is -0.215. The highest BCUT2D eigenvalue weighted by molar-refractivity contribution is 6.31. The summed E-state index contributed by atoms with van der Waals surface area (Å²) in [6.45, 7) is 0.343. The molecule has 2 N–H and O–H groups in total. The van der Waals surface area contributed by atoms with Gasteiger partial charge in [0, 0.05) is 30.7 Å². The van der Waals surface area contributed by atoms with Crippen molar-refractivity contribution >= 4 is 23.4 Å². The lowest BCUT2D eigenvalue weighted by Crippen LogP contribution is -2.44. The first-order valence-corrected chi connectivity index (χ1v) is 7.28. The quantitative estimate of drug-likeness (QED) is 0.875. The minimum atomic E-state index is -0.647. The fourth-order valence-electron chi connectivity index (χ4n) is 2.67. The van der Waals surface area contributed by atoms with E-state index in [1.807, 2.05) is 0 Å². The number of nitrogens with zero attached hydrogens (tertiary/aromatic N) is 1. The summed E-state index contributed by atoms with van der Waals surface area (Å²) in [7, 11) is 3.07. The molecule has 0 radical (unpaired) electrons. The van der Waals surface area contributed by atoms with Crippen LogP contribution < -0.4 is 10.5 Å². The number of likely N-dealkylation sites (tertiary alicyclic amines) is 1. The Kier molecular flexibility index (Phi) is 5.26. The van der Waals surface area contributed by atoms with Crippen molar-refractivity contribution in [3.8, 4) is 5.75 Å². The number of hydrogen-bond donors (Lipinski definition) is 1. The fourth-order valence-corrected chi connectivity index (χ4v) is 2.90. The van der Waals surface area contributed by atoms with Gasteiger partial charge in [-0.3, -0.25) is 9.59 Å². The molecule has 2 atom stereocenters. The van der Waals surface area contributed by atoms with Crippen LogP contribution in [0, 0.1) is 0 Å². The van der Waals surface area contributed by atoms with Gasteiger partial charge in [-0.1, -0.05) is 17.7 Å². The van der Waals surface area contributed by atoms with E-state index in [0.29, 0.717) is 29.3 Å². The summed E-state index contributed by atoms with van der Waals surface area (Å²) in [4.78, 5) is 25.6. The van der Waals surface area contributed by atoms with Gasteiger partial charge in [0.15, 0.2) is 0 Å². The van der Waals surface area contributed by atoms with Crippen LogP contribution in [0.15, 0.2) is 18.2 Å². The summed E-state index contributed by atoms with van der Waals surface area (Å²) in [6, 6.07) is 4.53. The molecule has 1 heterocycles. The summed E-state index contributed by atoms with van der Waals surface area (Å²) < 4.78 is 10.5. The highest BCUT2D eigenvalue weighted by Crippen LogP contribution is 2.28. The van der Waals surface area contributed by atoms with Gasteiger partial charge >= 0.3 is 0 Å². The maximum Gasteiger partial charge on any atom is 0.240 e. The van der Waals surface area contributed by atoms with Gasteiger partial charge in [-0.2, -0.15) is 0 Å². The third-order valence-corrected chi connectivity index (χ3v) is 4.22. The first-order valence-electron chi connectivity index (χ1n) is 6.90. The Morgan fingerprint density at radius 2 is 2.14 bits per heavy atom. The van der Waals surface area contributed by atoms with Crippen molar-refractivity contribution < 1.29 is 19.1 Å². The summed E-state index contributed by atoms with van der Waals surface area (Å²) in [6.07, 6.45) is 0.273. The van der Waals surface area contributed by atoms with E-state index in [0.717, 1.165) is 0 Å². The van der Waals surface area contributed by atoms with Crippen LogP contribution in [0.25, 0.3) is 0 Å². The molecule has 1 saturated heterocycles. The average molecular weight is 327 g/mol. The maximum atomic E-state index is 12.6. The zero-order chi connectivity index (χ0) is 16.3. The molecule has 1 aliphatic rings. The van der Waals surface area contributed by atoms with Gasteiger partial charge in [0.25, 0.3) is 0 Å². The SMILES string of the molecule is COc1cccc(Cl)c1CC(=O)N1C[C@@H](OC)C[C@H]1C(N)=O. The van der Waals surface area contributed by atoms with Gasteiger partial charge < -0.3 is 20.1 Å². The van der Waals surface area contributed by atoms with Crippen LogP contribution in [-0.4, -0.2) is 49.6 Å². The van der Waals surface area contributed by atoms with Crippen molar-refractivity contribution in [2.24, 2.45) is 5.73 Å². The second kappa shape index (κ2) is 6.98. The molecule has 6 nitrogen and oxygen atoms in total. The van der Waals surface area contributed by atoms with E-state index in [9.17, 15) is 9.59 Å². The number of methoxy groups -OCH3 is 2. The number of nitrogens with two attached hydrogens (primary N) is 1. The number of primary amides is 1. The van der Waals surface area contributed by atoms with E-state index in [1.165, 1.54) is 12.0 Å². The van der Waals surface area contributed by atoms with Crippen molar-refractivity contribution in [2.45, 2.75) is 25.0 Å². The third-order valence-electron chi connectivity index (χ3n) is 3.87. The molecule has 1 aliphatic heterocycles. The zero-order valence-corrected chi connectivity index (χ0v) is 13.3. The average Bonchev–Trinajstić information content (AvgIpc) is 2.94. The predicted octanol–water partition coefficient (Wildman–Crippen LogP) is 0.992. The molecule has 22 heavy (non-hydrogen) atoms. The van der Waals surface area contributed by atoms with Crippen LogP contribution in [-0.2, 0) is 20.7 Å². The Bertz CT molecular complexity index is 579. The number of ether oxygens (including phenoxy) is 2. The number of halogens is 1. The molecule has 0 aromatic heterocycles. The summed E-state index contributed by atoms with van der Waals surface area (Å²) in [5.41, 5.74) is 5.98. The fraction of sp³-hybridized carbons (Fsp3) is 0.467. The van der Waals surface area contributed by atoms with Crippen molar-refractivity contribution in [1.82, 2.24) is 4.90 Å². The molecule has 0 bridgehead atoms. The van der Waals surface area contributed by atoms with E-state index in [-0.39, 0.29) is 18.4 Å². The first-order chi connectivity index (χ1) is 10.5. The van der Waals surface area contributed by atoms with Crippen LogP contribution in [0.5, 0.6) is 5.75 Å². The molecule has 120 valence electrons. The van der Waals surface area contributed by atoms with E-state index in [2.05, 4.69) is 0 Å². The molecule has 1 aromatic rings. The zero-order valence-electron chi connectivity index (χ0n) is 12.5. The van der Waals surface area contributed by atoms with Crippen molar-refractivity contribution in [3.63, 3.8) is 0 Å². The number of carbonyl (C=O) groups excluding carboxylic acids is 2. The van der Waals surface area contributed by atoms with Crippen LogP contribution in [0.3, 0.4) is 0 Å². The lowest BCUT2D eigenvalue weighted by molar-refractivity contribution is -0.136. The van der Waals surface area contributed by atoms with Crippen LogP contribution >= 0.6 is 11.6 Å². The minimum absolute atomic E-state index is 0.0447. The van der Waals surface area contributed by atoms with E-state index in [4.69, 9.17) is 26.8 Å². The lowest BCUT2D eigenvalue weighted by Gasteiger charge is -2.22. The molecule has 2 rings (SSSR count). The second-order valence-electron chi connectivity index (χ2n) is 5.16. The largest absolute Gasteiger partial charge is 0.496 e. The predicted molar refractivity (Wildman–Crippen MR) is 81.8 cm³/mol.